The van der Waals surface area contributed by atoms with E-state index >= 15 is 0 Å². The smallest absolute Gasteiger partial charge is 0.253 e. The molecule has 0 aliphatic carbocycles. The molecule has 2 aromatic carbocycles. The van der Waals surface area contributed by atoms with E-state index in [1.165, 1.54) is 11.1 Å². The summed E-state index contributed by atoms with van der Waals surface area (Å²) >= 11 is 0. The Morgan fingerprint density at radius 1 is 0.917 bits per heavy atom. The molecular formula is C21H30N2O. The predicted octanol–water partition coefficient (Wildman–Crippen LogP) is 4.49. The summed E-state index contributed by atoms with van der Waals surface area (Å²) in [7, 11) is 7.72. The summed E-state index contributed by atoms with van der Waals surface area (Å²) in [5.41, 5.74) is 4.10. The third-order valence-corrected chi connectivity index (χ3v) is 4.53. The van der Waals surface area contributed by atoms with Crippen LogP contribution in [-0.2, 0) is 5.54 Å². The molecule has 0 saturated carbocycles. The molecule has 3 nitrogen and oxygen atoms in total. The summed E-state index contributed by atoms with van der Waals surface area (Å²) in [6, 6.07) is 16.3. The lowest BCUT2D eigenvalue weighted by atomic mass is 9.86. The van der Waals surface area contributed by atoms with Crippen molar-refractivity contribution in [1.82, 2.24) is 9.80 Å². The average molecular weight is 326 g/mol. The van der Waals surface area contributed by atoms with E-state index < -0.39 is 0 Å². The average Bonchev–Trinajstić information content (AvgIpc) is 2.54. The van der Waals surface area contributed by atoms with Gasteiger partial charge in [-0.25, -0.2) is 0 Å². The fourth-order valence-electron chi connectivity index (χ4n) is 2.59. The molecule has 0 aromatic heterocycles. The molecular weight excluding hydrogens is 296 g/mol. The molecule has 0 aliphatic heterocycles. The molecule has 0 radical (unpaired) electrons. The quantitative estimate of drug-likeness (QED) is 0.826. The van der Waals surface area contributed by atoms with Gasteiger partial charge in [0, 0.05) is 25.2 Å². The first-order valence-corrected chi connectivity index (χ1v) is 7.84. The highest BCUT2D eigenvalue weighted by atomic mass is 16.2. The van der Waals surface area contributed by atoms with E-state index in [0.29, 0.717) is 5.56 Å². The number of carbonyl (C=O) groups is 1. The van der Waals surface area contributed by atoms with Crippen LogP contribution in [0.4, 0.5) is 0 Å². The van der Waals surface area contributed by atoms with Crippen LogP contribution < -0.4 is 0 Å². The van der Waals surface area contributed by atoms with E-state index in [9.17, 15) is 4.79 Å². The molecule has 0 atom stereocenters. The molecule has 0 heterocycles. The summed E-state index contributed by atoms with van der Waals surface area (Å²) in [5.74, 6) is 0.0243. The molecule has 3 heteroatoms. The topological polar surface area (TPSA) is 23.6 Å². The van der Waals surface area contributed by atoms with Crippen LogP contribution in [0.1, 0.15) is 37.2 Å². The Hall–Kier alpha value is -2.13. The number of amides is 1. The standard InChI is InChI=1S/C20H26N2O.CH4/c1-20(2,22(5)6)18-13-8-7-12-17(18)15-10-9-11-16(14-15)19(23)21(3)4;/h7-14H,1-6H3;1H4. The Bertz CT molecular complexity index is 702. The van der Waals surface area contributed by atoms with E-state index in [1.54, 1.807) is 19.0 Å². The monoisotopic (exact) mass is 326 g/mol. The van der Waals surface area contributed by atoms with Gasteiger partial charge in [0.25, 0.3) is 5.91 Å². The zero-order chi connectivity index (χ0) is 17.2. The zero-order valence-corrected chi connectivity index (χ0v) is 14.9. The first-order valence-electron chi connectivity index (χ1n) is 7.84. The van der Waals surface area contributed by atoms with Gasteiger partial charge in [-0.05, 0) is 56.8 Å². The second kappa shape index (κ2) is 7.63. The Morgan fingerprint density at radius 2 is 1.54 bits per heavy atom. The van der Waals surface area contributed by atoms with E-state index in [-0.39, 0.29) is 18.9 Å². The van der Waals surface area contributed by atoms with Crippen LogP contribution in [0.5, 0.6) is 0 Å². The molecule has 0 aliphatic rings. The van der Waals surface area contributed by atoms with Crippen molar-refractivity contribution >= 4 is 5.91 Å². The van der Waals surface area contributed by atoms with Gasteiger partial charge in [0.15, 0.2) is 0 Å². The summed E-state index contributed by atoms with van der Waals surface area (Å²) in [5, 5.41) is 0. The maximum absolute atomic E-state index is 12.2. The van der Waals surface area contributed by atoms with Gasteiger partial charge in [0.05, 0.1) is 0 Å². The number of nitrogens with zero attached hydrogens (tertiary/aromatic N) is 2. The highest BCUT2D eigenvalue weighted by molar-refractivity contribution is 5.95. The molecule has 0 fully saturated rings. The lowest BCUT2D eigenvalue weighted by Crippen LogP contribution is -2.35. The lowest BCUT2D eigenvalue weighted by molar-refractivity contribution is 0.0827. The number of benzene rings is 2. The molecule has 0 bridgehead atoms. The van der Waals surface area contributed by atoms with Gasteiger partial charge < -0.3 is 9.80 Å². The van der Waals surface area contributed by atoms with Crippen LogP contribution in [0.2, 0.25) is 0 Å². The van der Waals surface area contributed by atoms with E-state index in [0.717, 1.165) is 5.56 Å². The fourth-order valence-corrected chi connectivity index (χ4v) is 2.59. The van der Waals surface area contributed by atoms with Gasteiger partial charge in [-0.2, -0.15) is 0 Å². The number of carbonyl (C=O) groups excluding carboxylic acids is 1. The molecule has 2 rings (SSSR count). The molecule has 0 saturated heterocycles. The Morgan fingerprint density at radius 3 is 2.12 bits per heavy atom. The van der Waals surface area contributed by atoms with Crippen LogP contribution >= 0.6 is 0 Å². The summed E-state index contributed by atoms with van der Waals surface area (Å²) in [4.78, 5) is 16.1. The summed E-state index contributed by atoms with van der Waals surface area (Å²) in [6.45, 7) is 4.42. The third-order valence-electron chi connectivity index (χ3n) is 4.53. The van der Waals surface area contributed by atoms with Crippen molar-refractivity contribution in [2.24, 2.45) is 0 Å². The Kier molecular flexibility index (Phi) is 6.33. The van der Waals surface area contributed by atoms with Crippen LogP contribution in [0, 0.1) is 0 Å². The third kappa shape index (κ3) is 3.85. The Labute approximate surface area is 146 Å². The molecule has 24 heavy (non-hydrogen) atoms. The minimum atomic E-state index is -0.0991. The van der Waals surface area contributed by atoms with E-state index in [1.807, 2.05) is 24.3 Å². The van der Waals surface area contributed by atoms with Gasteiger partial charge in [0.2, 0.25) is 0 Å². The Balaban J connectivity index is 0.00000288. The molecule has 0 N–H and O–H groups in total. The van der Waals surface area contributed by atoms with Crippen molar-refractivity contribution in [1.29, 1.82) is 0 Å². The highest BCUT2D eigenvalue weighted by Crippen LogP contribution is 2.34. The van der Waals surface area contributed by atoms with Crippen LogP contribution in [-0.4, -0.2) is 43.9 Å². The van der Waals surface area contributed by atoms with Gasteiger partial charge in [-0.15, -0.1) is 0 Å². The van der Waals surface area contributed by atoms with Crippen LogP contribution in [0.25, 0.3) is 11.1 Å². The second-order valence-corrected chi connectivity index (χ2v) is 6.78. The molecule has 1 amide bonds. The highest BCUT2D eigenvalue weighted by Gasteiger charge is 2.26. The van der Waals surface area contributed by atoms with Gasteiger partial charge in [-0.3, -0.25) is 4.79 Å². The van der Waals surface area contributed by atoms with Crippen molar-refractivity contribution in [2.75, 3.05) is 28.2 Å². The van der Waals surface area contributed by atoms with Crippen LogP contribution in [0.3, 0.4) is 0 Å². The van der Waals surface area contributed by atoms with Crippen LogP contribution in [0.15, 0.2) is 48.5 Å². The largest absolute Gasteiger partial charge is 0.345 e. The van der Waals surface area contributed by atoms with Crippen molar-refractivity contribution in [3.63, 3.8) is 0 Å². The normalized spacial score (nSPS) is 11.1. The molecule has 0 unspecified atom stereocenters. The summed E-state index contributed by atoms with van der Waals surface area (Å²) in [6.07, 6.45) is 0. The summed E-state index contributed by atoms with van der Waals surface area (Å²) < 4.78 is 0. The predicted molar refractivity (Wildman–Crippen MR) is 103 cm³/mol. The zero-order valence-electron chi connectivity index (χ0n) is 14.9. The molecule has 2 aromatic rings. The van der Waals surface area contributed by atoms with Crippen molar-refractivity contribution in [3.8, 4) is 11.1 Å². The number of hydrogen-bond donors (Lipinski definition) is 0. The second-order valence-electron chi connectivity index (χ2n) is 6.78. The minimum Gasteiger partial charge on any atom is -0.345 e. The molecule has 130 valence electrons. The maximum Gasteiger partial charge on any atom is 0.253 e. The van der Waals surface area contributed by atoms with Gasteiger partial charge in [-0.1, -0.05) is 43.8 Å². The lowest BCUT2D eigenvalue weighted by Gasteiger charge is -2.35. The van der Waals surface area contributed by atoms with Crippen molar-refractivity contribution in [3.05, 3.63) is 59.7 Å². The van der Waals surface area contributed by atoms with Gasteiger partial charge >= 0.3 is 0 Å². The van der Waals surface area contributed by atoms with Crippen molar-refractivity contribution in [2.45, 2.75) is 26.8 Å². The van der Waals surface area contributed by atoms with Crippen molar-refractivity contribution < 1.29 is 4.79 Å². The van der Waals surface area contributed by atoms with E-state index in [4.69, 9.17) is 0 Å². The first kappa shape index (κ1) is 19.9. The number of hydrogen-bond acceptors (Lipinski definition) is 2. The number of rotatable bonds is 4. The fraction of sp³-hybridized carbons (Fsp3) is 0.381. The van der Waals surface area contributed by atoms with Gasteiger partial charge in [0.1, 0.15) is 0 Å². The first-order chi connectivity index (χ1) is 10.7. The SMILES string of the molecule is C.CN(C)C(=O)c1cccc(-c2ccccc2C(C)(C)N(C)C)c1. The van der Waals surface area contributed by atoms with E-state index in [2.05, 4.69) is 57.1 Å². The maximum atomic E-state index is 12.2. The molecule has 0 spiro atoms. The minimum absolute atomic E-state index is 0.